The van der Waals surface area contributed by atoms with Gasteiger partial charge in [0, 0.05) is 16.9 Å². The Balaban J connectivity index is 1.44. The van der Waals surface area contributed by atoms with Crippen LogP contribution < -0.4 is 0 Å². The Morgan fingerprint density at radius 1 is 0.862 bits per heavy atom. The lowest BCUT2D eigenvalue weighted by Crippen LogP contribution is -2.12. The Hall–Kier alpha value is -2.73. The highest BCUT2D eigenvalue weighted by Crippen LogP contribution is 2.37. The van der Waals surface area contributed by atoms with Crippen molar-refractivity contribution in [1.82, 2.24) is 0 Å². The first kappa shape index (κ1) is 19.6. The molecule has 0 atom stereocenters. The standard InChI is InChI=1S/C26H23F3/c1-2-17-3-5-18(6-4-17)7-8-19-9-11-20(12-10-19)21-13-14-23-22(15-21)16-24(27)26(29)25(23)28/h3-6,13-16,19-20H,2,9-12H2,1H3. The van der Waals surface area contributed by atoms with Gasteiger partial charge in [-0.2, -0.15) is 0 Å². The van der Waals surface area contributed by atoms with Crippen LogP contribution in [0.15, 0.2) is 48.5 Å². The van der Waals surface area contributed by atoms with Crippen molar-refractivity contribution in [2.45, 2.75) is 44.9 Å². The molecule has 0 aromatic heterocycles. The van der Waals surface area contributed by atoms with E-state index in [1.165, 1.54) is 5.56 Å². The van der Waals surface area contributed by atoms with Crippen LogP contribution in [0.4, 0.5) is 13.2 Å². The summed E-state index contributed by atoms with van der Waals surface area (Å²) in [6.07, 6.45) is 5.03. The van der Waals surface area contributed by atoms with Gasteiger partial charge in [-0.25, -0.2) is 13.2 Å². The molecule has 0 saturated heterocycles. The number of hydrogen-bond donors (Lipinski definition) is 0. The lowest BCUT2D eigenvalue weighted by molar-refractivity contribution is 0.385. The number of hydrogen-bond acceptors (Lipinski definition) is 0. The molecule has 1 aliphatic carbocycles. The molecule has 0 spiro atoms. The van der Waals surface area contributed by atoms with Crippen molar-refractivity contribution < 1.29 is 13.2 Å². The van der Waals surface area contributed by atoms with E-state index in [-0.39, 0.29) is 5.39 Å². The topological polar surface area (TPSA) is 0 Å². The van der Waals surface area contributed by atoms with Crippen molar-refractivity contribution in [1.29, 1.82) is 0 Å². The molecular weight excluding hydrogens is 369 g/mol. The van der Waals surface area contributed by atoms with Gasteiger partial charge in [0.1, 0.15) is 0 Å². The summed E-state index contributed by atoms with van der Waals surface area (Å²) >= 11 is 0. The van der Waals surface area contributed by atoms with Gasteiger partial charge < -0.3 is 0 Å². The van der Waals surface area contributed by atoms with Crippen LogP contribution in [-0.4, -0.2) is 0 Å². The van der Waals surface area contributed by atoms with Crippen LogP contribution in [0.5, 0.6) is 0 Å². The molecule has 3 aromatic rings. The minimum absolute atomic E-state index is 0.126. The van der Waals surface area contributed by atoms with Gasteiger partial charge in [0.25, 0.3) is 0 Å². The predicted octanol–water partition coefficient (Wildman–Crippen LogP) is 7.15. The maximum Gasteiger partial charge on any atom is 0.195 e. The zero-order valence-electron chi connectivity index (χ0n) is 16.4. The van der Waals surface area contributed by atoms with Crippen molar-refractivity contribution in [2.24, 2.45) is 5.92 Å². The molecule has 1 aliphatic rings. The van der Waals surface area contributed by atoms with E-state index in [9.17, 15) is 13.2 Å². The van der Waals surface area contributed by atoms with Crippen LogP contribution in [-0.2, 0) is 6.42 Å². The first-order valence-electron chi connectivity index (χ1n) is 10.2. The van der Waals surface area contributed by atoms with E-state index in [0.717, 1.165) is 49.3 Å². The first-order chi connectivity index (χ1) is 14.0. The fourth-order valence-corrected chi connectivity index (χ4v) is 4.16. The van der Waals surface area contributed by atoms with E-state index in [2.05, 4.69) is 43.0 Å². The molecule has 0 unspecified atom stereocenters. The van der Waals surface area contributed by atoms with Crippen molar-refractivity contribution in [3.63, 3.8) is 0 Å². The number of fused-ring (bicyclic) bond motifs is 1. The minimum atomic E-state index is -1.41. The Morgan fingerprint density at radius 2 is 1.59 bits per heavy atom. The summed E-state index contributed by atoms with van der Waals surface area (Å²) in [6.45, 7) is 2.14. The summed E-state index contributed by atoms with van der Waals surface area (Å²) in [7, 11) is 0. The van der Waals surface area contributed by atoms with Crippen molar-refractivity contribution in [3.8, 4) is 11.8 Å². The number of halogens is 3. The fraction of sp³-hybridized carbons (Fsp3) is 0.308. The second-order valence-electron chi connectivity index (χ2n) is 7.84. The van der Waals surface area contributed by atoms with Crippen LogP contribution in [0.1, 0.15) is 55.2 Å². The van der Waals surface area contributed by atoms with E-state index in [1.54, 1.807) is 12.1 Å². The summed E-state index contributed by atoms with van der Waals surface area (Å²) in [6, 6.07) is 14.7. The Kier molecular flexibility index (Phi) is 5.62. The van der Waals surface area contributed by atoms with E-state index < -0.39 is 17.5 Å². The van der Waals surface area contributed by atoms with Crippen LogP contribution in [0.2, 0.25) is 0 Å². The Morgan fingerprint density at radius 3 is 2.28 bits per heavy atom. The molecule has 1 fully saturated rings. The number of rotatable bonds is 2. The highest BCUT2D eigenvalue weighted by molar-refractivity contribution is 5.84. The lowest BCUT2D eigenvalue weighted by Gasteiger charge is -2.26. The predicted molar refractivity (Wildman–Crippen MR) is 111 cm³/mol. The average molecular weight is 392 g/mol. The number of aryl methyl sites for hydroxylation is 1. The Labute approximate surface area is 169 Å². The third-order valence-electron chi connectivity index (χ3n) is 5.98. The third kappa shape index (κ3) is 4.17. The highest BCUT2D eigenvalue weighted by Gasteiger charge is 2.22. The largest absolute Gasteiger partial charge is 0.204 e. The van der Waals surface area contributed by atoms with Crippen LogP contribution >= 0.6 is 0 Å². The SMILES string of the molecule is CCc1ccc(C#CC2CCC(c3ccc4c(F)c(F)c(F)cc4c3)CC2)cc1. The van der Waals surface area contributed by atoms with Gasteiger partial charge in [-0.3, -0.25) is 0 Å². The molecule has 0 aliphatic heterocycles. The second kappa shape index (κ2) is 8.33. The van der Waals surface area contributed by atoms with Gasteiger partial charge in [0.15, 0.2) is 17.5 Å². The van der Waals surface area contributed by atoms with Crippen molar-refractivity contribution in [3.05, 3.63) is 82.7 Å². The highest BCUT2D eigenvalue weighted by atomic mass is 19.2. The molecule has 0 amide bonds. The van der Waals surface area contributed by atoms with Gasteiger partial charge in [0.2, 0.25) is 0 Å². The molecule has 4 rings (SSSR count). The molecule has 0 bridgehead atoms. The average Bonchev–Trinajstić information content (AvgIpc) is 2.76. The lowest BCUT2D eigenvalue weighted by atomic mass is 9.78. The van der Waals surface area contributed by atoms with E-state index in [1.807, 2.05) is 6.07 Å². The summed E-state index contributed by atoms with van der Waals surface area (Å²) in [5.74, 6) is 3.76. The maximum atomic E-state index is 13.9. The molecule has 1 saturated carbocycles. The normalized spacial score (nSPS) is 19.0. The van der Waals surface area contributed by atoms with Crippen LogP contribution in [0.25, 0.3) is 10.8 Å². The van der Waals surface area contributed by atoms with Gasteiger partial charge in [-0.05, 0) is 72.7 Å². The van der Waals surface area contributed by atoms with Gasteiger partial charge >= 0.3 is 0 Å². The second-order valence-corrected chi connectivity index (χ2v) is 7.84. The first-order valence-corrected chi connectivity index (χ1v) is 10.2. The van der Waals surface area contributed by atoms with E-state index in [0.29, 0.717) is 17.2 Å². The molecule has 3 aromatic carbocycles. The number of benzene rings is 3. The van der Waals surface area contributed by atoms with E-state index >= 15 is 0 Å². The minimum Gasteiger partial charge on any atom is -0.204 e. The van der Waals surface area contributed by atoms with Crippen molar-refractivity contribution >= 4 is 10.8 Å². The zero-order chi connectivity index (χ0) is 20.4. The molecule has 0 radical (unpaired) electrons. The van der Waals surface area contributed by atoms with Crippen LogP contribution in [0.3, 0.4) is 0 Å². The quantitative estimate of drug-likeness (QED) is 0.321. The molecule has 0 nitrogen and oxygen atoms in total. The monoisotopic (exact) mass is 392 g/mol. The fourth-order valence-electron chi connectivity index (χ4n) is 4.16. The maximum absolute atomic E-state index is 13.9. The summed E-state index contributed by atoms with van der Waals surface area (Å²) in [5.41, 5.74) is 3.42. The molecule has 3 heteroatoms. The summed E-state index contributed by atoms with van der Waals surface area (Å²) < 4.78 is 40.9. The van der Waals surface area contributed by atoms with E-state index in [4.69, 9.17) is 0 Å². The molecule has 0 N–H and O–H groups in total. The summed E-state index contributed by atoms with van der Waals surface area (Å²) in [4.78, 5) is 0. The van der Waals surface area contributed by atoms with Gasteiger partial charge in [-0.1, -0.05) is 49.1 Å². The smallest absolute Gasteiger partial charge is 0.195 e. The molecular formula is C26H23F3. The third-order valence-corrected chi connectivity index (χ3v) is 5.98. The van der Waals surface area contributed by atoms with Gasteiger partial charge in [0.05, 0.1) is 0 Å². The van der Waals surface area contributed by atoms with Crippen molar-refractivity contribution in [2.75, 3.05) is 0 Å². The Bertz CT molecular complexity index is 1080. The van der Waals surface area contributed by atoms with Crippen LogP contribution in [0, 0.1) is 35.2 Å². The summed E-state index contributed by atoms with van der Waals surface area (Å²) in [5, 5.41) is 0.539. The zero-order valence-corrected chi connectivity index (χ0v) is 16.4. The molecule has 0 heterocycles. The molecule has 148 valence electrons. The molecule has 29 heavy (non-hydrogen) atoms. The van der Waals surface area contributed by atoms with Gasteiger partial charge in [-0.15, -0.1) is 0 Å².